The smallest absolute Gasteiger partial charge is 0.312 e. The first-order chi connectivity index (χ1) is 19.6. The molecule has 7 nitrogen and oxygen atoms in total. The maximum atomic E-state index is 13.6. The van der Waals surface area contributed by atoms with Crippen LogP contribution in [0.25, 0.3) is 11.8 Å². The Kier molecular flexibility index (Phi) is 6.34. The summed E-state index contributed by atoms with van der Waals surface area (Å²) < 4.78 is 27.0. The van der Waals surface area contributed by atoms with Crippen LogP contribution in [0.15, 0.2) is 36.0 Å². The van der Waals surface area contributed by atoms with E-state index in [9.17, 15) is 19.1 Å². The summed E-state index contributed by atoms with van der Waals surface area (Å²) in [4.78, 5) is 26.4. The maximum Gasteiger partial charge on any atom is 0.312 e. The van der Waals surface area contributed by atoms with Gasteiger partial charge in [0.15, 0.2) is 5.60 Å². The fourth-order valence-electron chi connectivity index (χ4n) is 9.50. The largest absolute Gasteiger partial charge is 0.449 e. The second kappa shape index (κ2) is 9.51. The lowest BCUT2D eigenvalue weighted by molar-refractivity contribution is -0.199. The van der Waals surface area contributed by atoms with Crippen molar-refractivity contribution in [1.29, 1.82) is 0 Å². The number of aliphatic hydroxyl groups excluding tert-OH is 1. The number of allylic oxidation sites excluding steroid dienone is 1. The number of aliphatic hydroxyl groups is 1. The number of thiol groups is 1. The number of nitrogens with zero attached hydrogens (tertiary/aromatic N) is 2. The Bertz CT molecular complexity index is 1430. The predicted octanol–water partition coefficient (Wildman–Crippen LogP) is 4.94. The number of benzene rings is 1. The summed E-state index contributed by atoms with van der Waals surface area (Å²) >= 11 is 4.31. The van der Waals surface area contributed by atoms with E-state index in [4.69, 9.17) is 9.47 Å². The molecule has 2 aromatic rings. The topological polar surface area (TPSA) is 90.7 Å². The number of hydrogen-bond acceptors (Lipinski definition) is 6. The lowest BCUT2D eigenvalue weighted by atomic mass is 9.45. The third-order valence-electron chi connectivity index (χ3n) is 11.5. The molecule has 1 aromatic heterocycles. The van der Waals surface area contributed by atoms with E-state index in [0.29, 0.717) is 32.5 Å². The van der Waals surface area contributed by atoms with Crippen LogP contribution in [0.3, 0.4) is 0 Å². The number of rotatable bonds is 4. The summed E-state index contributed by atoms with van der Waals surface area (Å²) in [6.07, 6.45) is 8.15. The minimum absolute atomic E-state index is 0.00708. The number of aromatic nitrogens is 2. The predicted molar refractivity (Wildman–Crippen MR) is 153 cm³/mol. The Balaban J connectivity index is 1.21. The van der Waals surface area contributed by atoms with Gasteiger partial charge >= 0.3 is 5.97 Å². The van der Waals surface area contributed by atoms with E-state index < -0.39 is 22.2 Å². The number of fused-ring (bicyclic) bond motifs is 6. The third kappa shape index (κ3) is 3.87. The molecule has 5 aliphatic rings. The molecule has 8 atom stereocenters. The van der Waals surface area contributed by atoms with Gasteiger partial charge in [0.05, 0.1) is 36.2 Å². The first-order valence-electron chi connectivity index (χ1n) is 14.8. The number of halogens is 1. The SMILES string of the molecule is CC12Cc3cnn(-c4ccc(F)cc4)c3C=C1CC[C@@H]1[C@@H]2C(O)CC2(C)[C@H]1CCC2(OC(=O)C1CCOC1)C(=O)S. The molecule has 1 saturated heterocycles. The zero-order chi connectivity index (χ0) is 28.7. The first-order valence-corrected chi connectivity index (χ1v) is 15.3. The molecule has 7 rings (SSSR count). The maximum absolute atomic E-state index is 13.6. The van der Waals surface area contributed by atoms with Gasteiger partial charge < -0.3 is 14.6 Å². The van der Waals surface area contributed by atoms with Gasteiger partial charge in [0.2, 0.25) is 5.12 Å². The Morgan fingerprint density at radius 2 is 1.98 bits per heavy atom. The molecule has 0 spiro atoms. The monoisotopic (exact) mass is 580 g/mol. The van der Waals surface area contributed by atoms with Crippen molar-refractivity contribution < 1.29 is 28.6 Å². The van der Waals surface area contributed by atoms with Crippen molar-refractivity contribution in [3.05, 3.63) is 53.1 Å². The molecular formula is C32H37FN2O5S. The fourth-order valence-corrected chi connectivity index (χ4v) is 9.91. The molecule has 218 valence electrons. The van der Waals surface area contributed by atoms with Crippen molar-refractivity contribution in [2.24, 2.45) is 34.5 Å². The van der Waals surface area contributed by atoms with Crippen molar-refractivity contribution in [3.63, 3.8) is 0 Å². The van der Waals surface area contributed by atoms with Crippen LogP contribution in [-0.4, -0.2) is 50.9 Å². The number of hydrogen-bond donors (Lipinski definition) is 2. The van der Waals surface area contributed by atoms with Crippen LogP contribution in [-0.2, 0) is 25.5 Å². The summed E-state index contributed by atoms with van der Waals surface area (Å²) in [5, 5.41) is 16.2. The molecule has 5 unspecified atom stereocenters. The Morgan fingerprint density at radius 3 is 2.68 bits per heavy atom. The van der Waals surface area contributed by atoms with Crippen LogP contribution in [0.4, 0.5) is 4.39 Å². The van der Waals surface area contributed by atoms with E-state index in [0.717, 1.165) is 42.6 Å². The Labute approximate surface area is 244 Å². The van der Waals surface area contributed by atoms with E-state index in [1.54, 1.807) is 12.1 Å². The summed E-state index contributed by atoms with van der Waals surface area (Å²) in [5.74, 6) is -0.717. The molecule has 4 aliphatic carbocycles. The Morgan fingerprint density at radius 1 is 1.20 bits per heavy atom. The summed E-state index contributed by atoms with van der Waals surface area (Å²) in [6.45, 7) is 5.14. The summed E-state index contributed by atoms with van der Waals surface area (Å²) in [6, 6.07) is 6.36. The first kappa shape index (κ1) is 27.3. The van der Waals surface area contributed by atoms with Gasteiger partial charge in [0.25, 0.3) is 0 Å². The normalized spacial score (nSPS) is 39.2. The zero-order valence-electron chi connectivity index (χ0n) is 23.5. The van der Waals surface area contributed by atoms with Crippen LogP contribution in [0.2, 0.25) is 0 Å². The molecule has 2 heterocycles. The van der Waals surface area contributed by atoms with Gasteiger partial charge in [-0.15, -0.1) is 12.6 Å². The van der Waals surface area contributed by atoms with Crippen molar-refractivity contribution in [2.75, 3.05) is 13.2 Å². The van der Waals surface area contributed by atoms with Gasteiger partial charge in [-0.3, -0.25) is 9.59 Å². The second-order valence-corrected chi connectivity index (χ2v) is 13.8. The van der Waals surface area contributed by atoms with Gasteiger partial charge in [0.1, 0.15) is 5.82 Å². The summed E-state index contributed by atoms with van der Waals surface area (Å²) in [7, 11) is 0. The standard InChI is InChI=1S/C32H37FN2O5S/c1-30-14-19-16-34-35(22-6-4-21(33)5-7-22)25(19)13-20(30)3-8-23-24-9-11-32(29(38)41,31(24,2)15-26(36)27(23)30)40-28(37)18-10-12-39-17-18/h4-7,13,16,18,23-24,26-27,36H,3,8-12,14-15,17H2,1-2H3,(H,38,41)/t18?,23-,24-,26?,27+,30?,31?,32?/m0/s1. The van der Waals surface area contributed by atoms with Crippen molar-refractivity contribution >= 4 is 29.8 Å². The molecule has 3 saturated carbocycles. The van der Waals surface area contributed by atoms with Gasteiger partial charge in [-0.05, 0) is 104 Å². The van der Waals surface area contributed by atoms with E-state index in [-0.39, 0.29) is 40.9 Å². The average Bonchev–Trinajstić information content (AvgIpc) is 3.66. The number of esters is 1. The number of carbonyl (C=O) groups excluding carboxylic acids is 2. The fraction of sp³-hybridized carbons (Fsp3) is 0.594. The highest BCUT2D eigenvalue weighted by Gasteiger charge is 2.70. The van der Waals surface area contributed by atoms with E-state index in [1.807, 2.05) is 17.8 Å². The van der Waals surface area contributed by atoms with Crippen molar-refractivity contribution in [3.8, 4) is 5.69 Å². The minimum Gasteiger partial charge on any atom is -0.449 e. The molecular weight excluding hydrogens is 543 g/mol. The van der Waals surface area contributed by atoms with Gasteiger partial charge in [-0.25, -0.2) is 9.07 Å². The zero-order valence-corrected chi connectivity index (χ0v) is 24.4. The van der Waals surface area contributed by atoms with Crippen LogP contribution in [0.5, 0.6) is 0 Å². The van der Waals surface area contributed by atoms with Gasteiger partial charge in [0, 0.05) is 12.0 Å². The van der Waals surface area contributed by atoms with E-state index in [2.05, 4.69) is 30.7 Å². The van der Waals surface area contributed by atoms with Crippen molar-refractivity contribution in [1.82, 2.24) is 9.78 Å². The van der Waals surface area contributed by atoms with Crippen molar-refractivity contribution in [2.45, 2.75) is 70.5 Å². The number of ether oxygens (including phenoxy) is 2. The van der Waals surface area contributed by atoms with Crippen LogP contribution < -0.4 is 0 Å². The van der Waals surface area contributed by atoms with Crippen LogP contribution >= 0.6 is 12.6 Å². The molecule has 0 amide bonds. The molecule has 9 heteroatoms. The quantitative estimate of drug-likeness (QED) is 0.394. The van der Waals surface area contributed by atoms with Gasteiger partial charge in [-0.1, -0.05) is 19.4 Å². The summed E-state index contributed by atoms with van der Waals surface area (Å²) in [5.41, 5.74) is 1.93. The third-order valence-corrected chi connectivity index (χ3v) is 11.9. The highest BCUT2D eigenvalue weighted by molar-refractivity contribution is 7.96. The molecule has 4 fully saturated rings. The van der Waals surface area contributed by atoms with E-state index in [1.165, 1.54) is 17.7 Å². The number of carbonyl (C=O) groups is 2. The molecule has 0 bridgehead atoms. The molecule has 1 aromatic carbocycles. The Hall–Kier alpha value is -2.49. The average molecular weight is 581 g/mol. The lowest BCUT2D eigenvalue weighted by Gasteiger charge is -2.60. The van der Waals surface area contributed by atoms with E-state index >= 15 is 0 Å². The molecule has 41 heavy (non-hydrogen) atoms. The van der Waals surface area contributed by atoms with Gasteiger partial charge in [-0.2, -0.15) is 5.10 Å². The minimum atomic E-state index is -1.35. The van der Waals surface area contributed by atoms with Crippen LogP contribution in [0, 0.1) is 40.3 Å². The molecule has 1 N–H and O–H groups in total. The highest BCUT2D eigenvalue weighted by atomic mass is 32.1. The highest BCUT2D eigenvalue weighted by Crippen LogP contribution is 2.68. The lowest BCUT2D eigenvalue weighted by Crippen LogP contribution is -2.62. The van der Waals surface area contributed by atoms with Crippen LogP contribution in [0.1, 0.15) is 63.6 Å². The second-order valence-electron chi connectivity index (χ2n) is 13.4. The molecule has 1 aliphatic heterocycles. The molecule has 0 radical (unpaired) electrons.